The maximum Gasteiger partial charge on any atom is 0.201 e. The SMILES string of the molecule is C1=CCC/C=C\CC1.Cc1cc(C)c(N2C=CN3Cc4cccc[n+]4C(C)(C)C32)c(C)c1.[CH3-]. The van der Waals surface area contributed by atoms with Crippen LogP contribution in [-0.2, 0) is 12.1 Å². The molecular weight excluding hydrogens is 402 g/mol. The molecule has 0 N–H and O–H groups in total. The number of aromatic nitrogens is 1. The molecule has 176 valence electrons. The van der Waals surface area contributed by atoms with Gasteiger partial charge in [-0.25, -0.2) is 0 Å². The van der Waals surface area contributed by atoms with Crippen molar-refractivity contribution in [3.05, 3.63) is 103 Å². The van der Waals surface area contributed by atoms with Crippen LogP contribution in [0.15, 0.2) is 73.2 Å². The van der Waals surface area contributed by atoms with E-state index in [9.17, 15) is 0 Å². The first kappa shape index (κ1) is 24.8. The summed E-state index contributed by atoms with van der Waals surface area (Å²) in [5.41, 5.74) is 6.70. The van der Waals surface area contributed by atoms with E-state index in [0.29, 0.717) is 0 Å². The molecule has 0 radical (unpaired) electrons. The number of fused-ring (bicyclic) bond motifs is 2. The molecule has 0 saturated carbocycles. The fourth-order valence-corrected chi connectivity index (χ4v) is 5.48. The van der Waals surface area contributed by atoms with Crippen LogP contribution < -0.4 is 9.47 Å². The number of hydrogen-bond donors (Lipinski definition) is 0. The van der Waals surface area contributed by atoms with E-state index in [2.05, 4.69) is 122 Å². The molecule has 2 aromatic rings. The number of pyridine rings is 1. The molecule has 1 unspecified atom stereocenters. The molecule has 0 bridgehead atoms. The van der Waals surface area contributed by atoms with Crippen molar-refractivity contribution < 1.29 is 4.57 Å². The number of benzene rings is 1. The van der Waals surface area contributed by atoms with Gasteiger partial charge in [0.1, 0.15) is 6.54 Å². The average Bonchev–Trinajstić information content (AvgIpc) is 3.12. The second kappa shape index (κ2) is 10.4. The lowest BCUT2D eigenvalue weighted by Crippen LogP contribution is -2.71. The van der Waals surface area contributed by atoms with E-state index in [1.54, 1.807) is 0 Å². The minimum atomic E-state index is -0.0257. The first-order valence-electron chi connectivity index (χ1n) is 12.0. The Morgan fingerprint density at radius 1 is 0.848 bits per heavy atom. The largest absolute Gasteiger partial charge is 0.358 e. The van der Waals surface area contributed by atoms with Crippen molar-refractivity contribution in [3.8, 4) is 0 Å². The first-order chi connectivity index (χ1) is 15.4. The Morgan fingerprint density at radius 2 is 1.42 bits per heavy atom. The molecule has 0 amide bonds. The van der Waals surface area contributed by atoms with Crippen molar-refractivity contribution in [1.29, 1.82) is 0 Å². The van der Waals surface area contributed by atoms with Gasteiger partial charge in [0.2, 0.25) is 11.2 Å². The van der Waals surface area contributed by atoms with E-state index in [1.807, 2.05) is 0 Å². The summed E-state index contributed by atoms with van der Waals surface area (Å²) in [7, 11) is 0. The van der Waals surface area contributed by atoms with Crippen molar-refractivity contribution >= 4 is 5.69 Å². The minimum absolute atomic E-state index is 0. The molecule has 1 aliphatic carbocycles. The Morgan fingerprint density at radius 3 is 2.00 bits per heavy atom. The average molecular weight is 444 g/mol. The van der Waals surface area contributed by atoms with E-state index in [1.165, 1.54) is 53.8 Å². The van der Waals surface area contributed by atoms with Gasteiger partial charge in [0.15, 0.2) is 12.4 Å². The predicted molar refractivity (Wildman–Crippen MR) is 141 cm³/mol. The molecule has 3 heterocycles. The molecule has 2 aliphatic heterocycles. The highest BCUT2D eigenvalue weighted by molar-refractivity contribution is 5.63. The summed E-state index contributed by atoms with van der Waals surface area (Å²) in [6, 6.07) is 11.1. The maximum atomic E-state index is 2.47. The molecule has 5 rings (SSSR count). The van der Waals surface area contributed by atoms with E-state index in [4.69, 9.17) is 0 Å². The Bertz CT molecular complexity index is 995. The second-order valence-corrected chi connectivity index (χ2v) is 9.81. The van der Waals surface area contributed by atoms with Crippen LogP contribution in [0.3, 0.4) is 0 Å². The molecule has 1 aromatic carbocycles. The van der Waals surface area contributed by atoms with Crippen molar-refractivity contribution in [3.63, 3.8) is 0 Å². The zero-order chi connectivity index (χ0) is 22.7. The Balaban J connectivity index is 0.000000290. The van der Waals surface area contributed by atoms with Gasteiger partial charge >= 0.3 is 0 Å². The fraction of sp³-hybridized carbons (Fsp3) is 0.400. The second-order valence-electron chi connectivity index (χ2n) is 9.81. The van der Waals surface area contributed by atoms with E-state index in [-0.39, 0.29) is 19.1 Å². The molecule has 1 aromatic heterocycles. The molecule has 3 nitrogen and oxygen atoms in total. The van der Waals surface area contributed by atoms with Crippen LogP contribution in [0.2, 0.25) is 0 Å². The van der Waals surface area contributed by atoms with Gasteiger partial charge < -0.3 is 17.2 Å². The fourth-order valence-electron chi connectivity index (χ4n) is 5.48. The van der Waals surface area contributed by atoms with Crippen LogP contribution in [0.4, 0.5) is 5.69 Å². The summed E-state index contributed by atoms with van der Waals surface area (Å²) in [6.45, 7) is 12.3. The zero-order valence-electron chi connectivity index (χ0n) is 21.4. The molecular formula is C30H41N3. The highest BCUT2D eigenvalue weighted by atomic mass is 15.4. The smallest absolute Gasteiger partial charge is 0.201 e. The van der Waals surface area contributed by atoms with Gasteiger partial charge in [-0.05, 0) is 57.6 Å². The molecule has 3 heteroatoms. The lowest BCUT2D eigenvalue weighted by atomic mass is 9.93. The van der Waals surface area contributed by atoms with Crippen LogP contribution in [0.25, 0.3) is 0 Å². The lowest BCUT2D eigenvalue weighted by molar-refractivity contribution is -0.776. The lowest BCUT2D eigenvalue weighted by Gasteiger charge is -2.43. The highest BCUT2D eigenvalue weighted by Crippen LogP contribution is 2.38. The van der Waals surface area contributed by atoms with Gasteiger partial charge in [-0.2, -0.15) is 4.57 Å². The molecule has 1 atom stereocenters. The minimum Gasteiger partial charge on any atom is -0.358 e. The van der Waals surface area contributed by atoms with Crippen LogP contribution in [0, 0.1) is 28.2 Å². The van der Waals surface area contributed by atoms with Crippen LogP contribution in [0.1, 0.15) is 61.9 Å². The van der Waals surface area contributed by atoms with Crippen LogP contribution >= 0.6 is 0 Å². The van der Waals surface area contributed by atoms with E-state index >= 15 is 0 Å². The third-order valence-corrected chi connectivity index (χ3v) is 6.76. The summed E-state index contributed by atoms with van der Waals surface area (Å²) < 4.78 is 2.44. The molecule has 33 heavy (non-hydrogen) atoms. The summed E-state index contributed by atoms with van der Waals surface area (Å²) in [6.07, 6.45) is 21.0. The topological polar surface area (TPSA) is 10.4 Å². The number of rotatable bonds is 1. The quantitative estimate of drug-likeness (QED) is 0.270. The van der Waals surface area contributed by atoms with Gasteiger partial charge in [0.25, 0.3) is 0 Å². The first-order valence-corrected chi connectivity index (χ1v) is 12.0. The van der Waals surface area contributed by atoms with E-state index in [0.717, 1.165) is 6.54 Å². The van der Waals surface area contributed by atoms with Crippen molar-refractivity contribution in [1.82, 2.24) is 4.90 Å². The number of nitrogens with zero attached hydrogens (tertiary/aromatic N) is 3. The predicted octanol–water partition coefficient (Wildman–Crippen LogP) is 6.89. The Kier molecular flexibility index (Phi) is 7.84. The molecule has 0 fully saturated rings. The Labute approximate surface area is 201 Å². The number of anilines is 1. The maximum absolute atomic E-state index is 2.47. The van der Waals surface area contributed by atoms with Crippen LogP contribution in [-0.4, -0.2) is 11.1 Å². The Hall–Kier alpha value is -2.81. The van der Waals surface area contributed by atoms with Crippen molar-refractivity contribution in [2.45, 2.75) is 78.6 Å². The summed E-state index contributed by atoms with van der Waals surface area (Å²) in [4.78, 5) is 4.93. The number of aryl methyl sites for hydroxylation is 3. The van der Waals surface area contributed by atoms with Crippen LogP contribution in [0.5, 0.6) is 0 Å². The van der Waals surface area contributed by atoms with Gasteiger partial charge in [-0.15, -0.1) is 0 Å². The third-order valence-electron chi connectivity index (χ3n) is 6.76. The van der Waals surface area contributed by atoms with E-state index < -0.39 is 0 Å². The highest BCUT2D eigenvalue weighted by Gasteiger charge is 2.52. The molecule has 3 aliphatic rings. The normalized spacial score (nSPS) is 21.1. The summed E-state index contributed by atoms with van der Waals surface area (Å²) >= 11 is 0. The number of allylic oxidation sites excluding steroid dienone is 4. The monoisotopic (exact) mass is 443 g/mol. The summed E-state index contributed by atoms with van der Waals surface area (Å²) in [5, 5.41) is 0. The standard InChI is InChI=1S/C21H26N3.C8H12.CH3/c1-15-12-16(2)19(17(3)13-15)23-11-10-22-14-18-8-6-7-9-24(18)21(4,5)20(22)23;1-2-4-6-8-7-5-3-1;/h6-13,20H,14H2,1-5H3;1-2,7-8H,3-6H2;1H3/q+1;;-1/b;2-1-,8-7?;. The van der Waals surface area contributed by atoms with Crippen molar-refractivity contribution in [2.75, 3.05) is 4.90 Å². The third kappa shape index (κ3) is 5.08. The molecule has 0 saturated heterocycles. The van der Waals surface area contributed by atoms with Gasteiger partial charge in [0, 0.05) is 44.1 Å². The van der Waals surface area contributed by atoms with Crippen molar-refractivity contribution in [2.24, 2.45) is 0 Å². The van der Waals surface area contributed by atoms with Gasteiger partial charge in [-0.1, -0.05) is 48.1 Å². The molecule has 0 spiro atoms. The summed E-state index contributed by atoms with van der Waals surface area (Å²) in [5.74, 6) is 0. The van der Waals surface area contributed by atoms with Gasteiger partial charge in [0.05, 0.1) is 0 Å². The number of hydrogen-bond acceptors (Lipinski definition) is 2. The zero-order valence-corrected chi connectivity index (χ0v) is 21.4. The van der Waals surface area contributed by atoms with Gasteiger partial charge in [-0.3, -0.25) is 0 Å².